The molecular formula is C46H74O27S8. The molecule has 0 amide bonds. The number of esters is 8. The van der Waals surface area contributed by atoms with Crippen molar-refractivity contribution < 1.29 is 128 Å². The van der Waals surface area contributed by atoms with Crippen molar-refractivity contribution >= 4 is 149 Å². The molecule has 0 spiro atoms. The highest BCUT2D eigenvalue weighted by Gasteiger charge is 2.53. The summed E-state index contributed by atoms with van der Waals surface area (Å²) in [6.45, 7) is 9.12. The van der Waals surface area contributed by atoms with Crippen molar-refractivity contribution in [2.75, 3.05) is 72.5 Å². The van der Waals surface area contributed by atoms with Gasteiger partial charge in [-0.25, -0.2) is 0 Å². The van der Waals surface area contributed by atoms with Gasteiger partial charge in [0.1, 0.15) is 61.0 Å². The van der Waals surface area contributed by atoms with E-state index in [-0.39, 0.29) is 46.0 Å². The minimum Gasteiger partial charge on any atom is -0.435 e. The van der Waals surface area contributed by atoms with E-state index in [0.29, 0.717) is 0 Å². The summed E-state index contributed by atoms with van der Waals surface area (Å²) in [4.78, 5) is 99.6. The topological polar surface area (TPSA) is 312 Å². The predicted octanol–water partition coefficient (Wildman–Crippen LogP) is 1.43. The molecule has 2 saturated heterocycles. The number of hydrogen-bond acceptors (Lipinski definition) is 35. The first kappa shape index (κ1) is 75.2. The van der Waals surface area contributed by atoms with Crippen molar-refractivity contribution in [3.63, 3.8) is 0 Å². The van der Waals surface area contributed by atoms with E-state index >= 15 is 0 Å². The molecule has 0 N–H and O–H groups in total. The van der Waals surface area contributed by atoms with Gasteiger partial charge in [0.15, 0.2) is 12.6 Å². The minimum absolute atomic E-state index is 0.288. The molecule has 0 saturated carbocycles. The highest BCUT2D eigenvalue weighted by atomic mass is 32.1. The summed E-state index contributed by atoms with van der Waals surface area (Å²) in [5, 5.41) is 0. The molecule has 468 valence electrons. The van der Waals surface area contributed by atoms with Crippen LogP contribution in [0.5, 0.6) is 0 Å². The molecule has 2 aliphatic heterocycles. The Labute approximate surface area is 513 Å². The summed E-state index contributed by atoms with van der Waals surface area (Å²) in [5.74, 6) is -8.90. The van der Waals surface area contributed by atoms with Crippen LogP contribution in [-0.4, -0.2) is 232 Å². The molecule has 0 bridgehead atoms. The van der Waals surface area contributed by atoms with E-state index in [9.17, 15) is 38.4 Å². The second kappa shape index (κ2) is 40.5. The first-order valence-corrected chi connectivity index (χ1v) is 29.9. The Balaban J connectivity index is 2.93. The van der Waals surface area contributed by atoms with Gasteiger partial charge in [0.25, 0.3) is 0 Å². The van der Waals surface area contributed by atoms with E-state index in [0.717, 1.165) is 0 Å². The molecule has 0 aromatic heterocycles. The van der Waals surface area contributed by atoms with Crippen molar-refractivity contribution in [1.82, 2.24) is 0 Å². The number of thiol groups is 8. The van der Waals surface area contributed by atoms with Crippen LogP contribution in [0.25, 0.3) is 0 Å². The molecule has 2 rings (SSSR count). The summed E-state index contributed by atoms with van der Waals surface area (Å²) in [6, 6.07) is 0. The van der Waals surface area contributed by atoms with Gasteiger partial charge in [0.2, 0.25) is 37.7 Å². The van der Waals surface area contributed by atoms with E-state index < -0.39 is 186 Å². The molecule has 0 aromatic rings. The normalized spacial score (nSPS) is 25.7. The van der Waals surface area contributed by atoms with E-state index in [2.05, 4.69) is 101 Å². The number of carbonyl (C=O) groups excluding carboxylic acids is 8. The van der Waals surface area contributed by atoms with Crippen molar-refractivity contribution in [2.24, 2.45) is 0 Å². The molecule has 27 nitrogen and oxygen atoms in total. The third-order valence-corrected chi connectivity index (χ3v) is 12.6. The highest BCUT2D eigenvalue weighted by Crippen LogP contribution is 2.35. The maximum Gasteiger partial charge on any atom is 0.317 e. The number of hydrogen-bond donors (Lipinski definition) is 8. The summed E-state index contributed by atoms with van der Waals surface area (Å²) >= 11 is 31.9. The first-order valence-electron chi connectivity index (χ1n) is 24.8. The Kier molecular flexibility index (Phi) is 37.6. The van der Waals surface area contributed by atoms with Crippen LogP contribution in [0, 0.1) is 0 Å². The second-order valence-electron chi connectivity index (χ2n) is 17.0. The Morgan fingerprint density at radius 1 is 0.284 bits per heavy atom. The van der Waals surface area contributed by atoms with Gasteiger partial charge < -0.3 is 90.0 Å². The van der Waals surface area contributed by atoms with Crippen LogP contribution in [0.15, 0.2) is 0 Å². The number of rotatable bonds is 38. The zero-order valence-corrected chi connectivity index (χ0v) is 52.6. The third-order valence-electron chi connectivity index (χ3n) is 10.5. The first-order chi connectivity index (χ1) is 38.3. The van der Waals surface area contributed by atoms with Gasteiger partial charge in [0, 0.05) is 0 Å². The Bertz CT molecular complexity index is 1820. The molecule has 35 heteroatoms. The lowest BCUT2D eigenvalue weighted by Crippen LogP contribution is -2.65. The van der Waals surface area contributed by atoms with Crippen LogP contribution in [0.4, 0.5) is 0 Å². The van der Waals surface area contributed by atoms with Crippen LogP contribution >= 0.6 is 101 Å². The third kappa shape index (κ3) is 28.5. The molecule has 81 heavy (non-hydrogen) atoms. The summed E-state index contributed by atoms with van der Waals surface area (Å²) in [6.07, 6.45) is -24.7. The Morgan fingerprint density at radius 3 is 0.654 bits per heavy atom. The number of ether oxygens (including phenoxy) is 19. The fourth-order valence-corrected chi connectivity index (χ4v) is 8.18. The van der Waals surface area contributed by atoms with Crippen LogP contribution < -0.4 is 0 Å². The SMILES string of the molecule is CC(OCC1OC(COCC2OC(COC(C)OC(=O)CS)C(OC(C)OC(=O)CS)C(OC(C)OC(=O)CS)C2OC(C)OC(=O)CS)C(OC(C)OC(=O)CS)C(OC(C)OC(=O)CS)C1OC(C)OC(=O)CS)OC(=O)CS. The van der Waals surface area contributed by atoms with Crippen LogP contribution in [0.3, 0.4) is 0 Å². The average molecular weight is 1320 g/mol. The van der Waals surface area contributed by atoms with E-state index in [1.54, 1.807) is 0 Å². The molecule has 18 atom stereocenters. The van der Waals surface area contributed by atoms with Crippen LogP contribution in [-0.2, 0) is 128 Å². The lowest BCUT2D eigenvalue weighted by Gasteiger charge is -2.48. The maximum atomic E-state index is 12.6. The molecule has 0 aliphatic carbocycles. The van der Waals surface area contributed by atoms with Gasteiger partial charge in [-0.05, 0) is 55.4 Å². The molecule has 18 unspecified atom stereocenters. The molecule has 2 heterocycles. The lowest BCUT2D eigenvalue weighted by atomic mass is 9.93. The lowest BCUT2D eigenvalue weighted by molar-refractivity contribution is -0.337. The van der Waals surface area contributed by atoms with E-state index in [1.807, 2.05) is 0 Å². The van der Waals surface area contributed by atoms with Gasteiger partial charge in [0.05, 0.1) is 72.5 Å². The van der Waals surface area contributed by atoms with Crippen LogP contribution in [0.2, 0.25) is 0 Å². The van der Waals surface area contributed by atoms with E-state index in [1.165, 1.54) is 55.4 Å². The molecule has 0 aromatic carbocycles. The molecule has 2 fully saturated rings. The summed E-state index contributed by atoms with van der Waals surface area (Å²) in [5.41, 5.74) is 0. The van der Waals surface area contributed by atoms with Crippen molar-refractivity contribution in [3.05, 3.63) is 0 Å². The molecular weight excluding hydrogens is 1240 g/mol. The average Bonchev–Trinajstić information content (AvgIpc) is 3.41. The van der Waals surface area contributed by atoms with Crippen molar-refractivity contribution in [3.8, 4) is 0 Å². The predicted molar refractivity (Wildman–Crippen MR) is 305 cm³/mol. The second-order valence-corrected chi connectivity index (χ2v) is 19.5. The Hall–Kier alpha value is -1.88. The minimum atomic E-state index is -1.46. The molecule has 0 radical (unpaired) electrons. The monoisotopic (exact) mass is 1310 g/mol. The zero-order chi connectivity index (χ0) is 60.9. The van der Waals surface area contributed by atoms with Crippen LogP contribution in [0.1, 0.15) is 55.4 Å². The maximum absolute atomic E-state index is 12.6. The van der Waals surface area contributed by atoms with Gasteiger partial charge in [-0.15, -0.1) is 0 Å². The largest absolute Gasteiger partial charge is 0.435 e. The fourth-order valence-electron chi connectivity index (χ4n) is 7.59. The Morgan fingerprint density at radius 2 is 0.457 bits per heavy atom. The van der Waals surface area contributed by atoms with Crippen molar-refractivity contribution in [1.29, 1.82) is 0 Å². The standard InChI is InChI=1S/C46H74O27S8/c1-21(58-33(47)13-74)56-11-31-43(68-25(5)62-37(51)17-78)45(70-27(7)64-39(53)19-80)41(66-23(3)60-35(49)15-76)29(72-31)9-55-10-30-42(67-24(4)61-36(50)16-77)46(71-28(8)65-40(54)20-81)44(69-26(6)63-38(52)18-79)32(73-30)12-57-22(2)59-34(48)14-75/h21-32,41-46,74-81H,9-20H2,1-8H3. The van der Waals surface area contributed by atoms with Gasteiger partial charge >= 0.3 is 47.8 Å². The zero-order valence-electron chi connectivity index (χ0n) is 45.5. The quantitative estimate of drug-likeness (QED) is 0.0188. The number of carbonyl (C=O) groups is 8. The summed E-state index contributed by atoms with van der Waals surface area (Å²) in [7, 11) is 0. The fraction of sp³-hybridized carbons (Fsp3) is 0.826. The van der Waals surface area contributed by atoms with Gasteiger partial charge in [-0.3, -0.25) is 38.4 Å². The van der Waals surface area contributed by atoms with Gasteiger partial charge in [-0.2, -0.15) is 101 Å². The summed E-state index contributed by atoms with van der Waals surface area (Å²) < 4.78 is 113. The van der Waals surface area contributed by atoms with Crippen molar-refractivity contribution in [2.45, 2.75) is 167 Å². The highest BCUT2D eigenvalue weighted by molar-refractivity contribution is 7.82. The smallest absolute Gasteiger partial charge is 0.317 e. The van der Waals surface area contributed by atoms with Gasteiger partial charge in [-0.1, -0.05) is 0 Å². The molecule has 2 aliphatic rings. The van der Waals surface area contributed by atoms with E-state index in [4.69, 9.17) is 90.0 Å².